The lowest BCUT2D eigenvalue weighted by atomic mass is 10.2. The summed E-state index contributed by atoms with van der Waals surface area (Å²) >= 11 is 5.81. The van der Waals surface area contributed by atoms with E-state index in [-0.39, 0.29) is 12.2 Å². The van der Waals surface area contributed by atoms with Crippen molar-refractivity contribution >= 4 is 33.7 Å². The highest BCUT2D eigenvalue weighted by Gasteiger charge is 2.04. The number of hydrogen-bond acceptors (Lipinski definition) is 4. The fourth-order valence-corrected chi connectivity index (χ4v) is 1.95. The van der Waals surface area contributed by atoms with E-state index in [9.17, 15) is 13.2 Å². The smallest absolute Gasteiger partial charge is 0.264 e. The van der Waals surface area contributed by atoms with Gasteiger partial charge >= 0.3 is 0 Å². The molecule has 1 aromatic rings. The van der Waals surface area contributed by atoms with Gasteiger partial charge in [-0.15, -0.1) is 0 Å². The average Bonchev–Trinajstić information content (AvgIpc) is 2.23. The maximum Gasteiger partial charge on any atom is 0.264 e. The van der Waals surface area contributed by atoms with E-state index < -0.39 is 10.1 Å². The molecule has 0 radical (unpaired) electrons. The number of carbonyl (C=O) groups is 1. The number of aldehydes is 1. The quantitative estimate of drug-likeness (QED) is 0.471. The summed E-state index contributed by atoms with van der Waals surface area (Å²) in [7, 11) is -3.91. The normalized spacial score (nSPS) is 11.2. The number of halogens is 1. The first kappa shape index (κ1) is 14.0. The number of benzene rings is 1. The Balaban J connectivity index is 2.48. The highest BCUT2D eigenvalue weighted by molar-refractivity contribution is 7.85. The van der Waals surface area contributed by atoms with Crippen LogP contribution in [-0.4, -0.2) is 31.6 Å². The fraction of sp³-hybridized carbons (Fsp3) is 0.300. The molecule has 0 unspecified atom stereocenters. The number of nitrogens with one attached hydrogen (secondary N) is 1. The van der Waals surface area contributed by atoms with Crippen LogP contribution in [0.25, 0.3) is 0 Å². The summed E-state index contributed by atoms with van der Waals surface area (Å²) in [6.07, 6.45) is 0.941. The zero-order valence-corrected chi connectivity index (χ0v) is 10.5. The summed E-state index contributed by atoms with van der Waals surface area (Å²) in [6, 6.07) is 4.82. The average molecular weight is 278 g/mol. The maximum absolute atomic E-state index is 10.5. The minimum absolute atomic E-state index is 0.284. The van der Waals surface area contributed by atoms with Crippen LogP contribution in [-0.2, 0) is 10.1 Å². The summed E-state index contributed by atoms with van der Waals surface area (Å²) in [4.78, 5) is 10.5. The summed E-state index contributed by atoms with van der Waals surface area (Å²) in [6.45, 7) is 0.385. The molecule has 94 valence electrons. The second-order valence-electron chi connectivity index (χ2n) is 3.42. The van der Waals surface area contributed by atoms with Crippen LogP contribution in [0.15, 0.2) is 18.2 Å². The van der Waals surface area contributed by atoms with Gasteiger partial charge < -0.3 is 5.32 Å². The minimum Gasteiger partial charge on any atom is -0.385 e. The summed E-state index contributed by atoms with van der Waals surface area (Å²) < 4.78 is 29.4. The monoisotopic (exact) mass is 277 g/mol. The van der Waals surface area contributed by atoms with Crippen LogP contribution in [0, 0.1) is 0 Å². The molecule has 0 aliphatic heterocycles. The Morgan fingerprint density at radius 2 is 2.12 bits per heavy atom. The lowest BCUT2D eigenvalue weighted by Crippen LogP contribution is -2.10. The molecule has 0 aliphatic rings. The van der Waals surface area contributed by atoms with Gasteiger partial charge in [0.2, 0.25) is 0 Å². The Labute approximate surface area is 105 Å². The molecule has 0 spiro atoms. The number of hydrogen-bond donors (Lipinski definition) is 2. The molecule has 7 heteroatoms. The van der Waals surface area contributed by atoms with Crippen LogP contribution >= 0.6 is 11.6 Å². The number of rotatable bonds is 6. The maximum atomic E-state index is 10.5. The Morgan fingerprint density at radius 1 is 1.41 bits per heavy atom. The first-order valence-electron chi connectivity index (χ1n) is 4.86. The van der Waals surface area contributed by atoms with Crippen molar-refractivity contribution in [1.82, 2.24) is 0 Å². The zero-order chi connectivity index (χ0) is 12.9. The SMILES string of the molecule is O=Cc1ccc(NCCCS(=O)(=O)O)cc1Cl. The second-order valence-corrected chi connectivity index (χ2v) is 5.40. The number of anilines is 1. The molecule has 0 atom stereocenters. The van der Waals surface area contributed by atoms with Gasteiger partial charge in [-0.25, -0.2) is 0 Å². The van der Waals surface area contributed by atoms with Gasteiger partial charge in [-0.1, -0.05) is 11.6 Å². The van der Waals surface area contributed by atoms with Crippen molar-refractivity contribution in [3.8, 4) is 0 Å². The van der Waals surface area contributed by atoms with E-state index >= 15 is 0 Å². The second kappa shape index (κ2) is 6.00. The molecule has 0 aromatic heterocycles. The predicted octanol–water partition coefficient (Wildman–Crippen LogP) is 1.84. The van der Waals surface area contributed by atoms with Crippen molar-refractivity contribution in [2.24, 2.45) is 0 Å². The predicted molar refractivity (Wildman–Crippen MR) is 66.4 cm³/mol. The molecule has 1 aromatic carbocycles. The first-order chi connectivity index (χ1) is 7.92. The van der Waals surface area contributed by atoms with Gasteiger partial charge in [0, 0.05) is 17.8 Å². The Morgan fingerprint density at radius 3 is 2.65 bits per heavy atom. The van der Waals surface area contributed by atoms with Crippen LogP contribution in [0.3, 0.4) is 0 Å². The van der Waals surface area contributed by atoms with Crippen molar-refractivity contribution in [1.29, 1.82) is 0 Å². The van der Waals surface area contributed by atoms with Crippen LogP contribution in [0.1, 0.15) is 16.8 Å². The first-order valence-corrected chi connectivity index (χ1v) is 6.85. The van der Waals surface area contributed by atoms with Crippen molar-refractivity contribution in [3.63, 3.8) is 0 Å². The van der Waals surface area contributed by atoms with E-state index in [0.717, 1.165) is 0 Å². The summed E-state index contributed by atoms with van der Waals surface area (Å²) in [5.41, 5.74) is 1.09. The molecular weight excluding hydrogens is 266 g/mol. The molecule has 0 amide bonds. The molecular formula is C10H12ClNO4S. The van der Waals surface area contributed by atoms with Gasteiger partial charge in [0.05, 0.1) is 10.8 Å². The molecule has 0 fully saturated rings. The van der Waals surface area contributed by atoms with Crippen LogP contribution in [0.4, 0.5) is 5.69 Å². The molecule has 17 heavy (non-hydrogen) atoms. The summed E-state index contributed by atoms with van der Waals surface area (Å²) in [5, 5.41) is 3.27. The standard InChI is InChI=1S/C10H12ClNO4S/c11-10-6-9(3-2-8(10)7-13)12-4-1-5-17(14,15)16/h2-3,6-7,12H,1,4-5H2,(H,14,15,16). The van der Waals surface area contributed by atoms with Gasteiger partial charge in [-0.05, 0) is 24.6 Å². The van der Waals surface area contributed by atoms with E-state index in [0.29, 0.717) is 29.1 Å². The Bertz CT molecular complexity index is 501. The van der Waals surface area contributed by atoms with E-state index in [2.05, 4.69) is 5.32 Å². The van der Waals surface area contributed by atoms with E-state index in [4.69, 9.17) is 16.2 Å². The van der Waals surface area contributed by atoms with Crippen LogP contribution in [0.5, 0.6) is 0 Å². The third-order valence-electron chi connectivity index (χ3n) is 2.04. The molecule has 1 rings (SSSR count). The van der Waals surface area contributed by atoms with Gasteiger partial charge in [0.1, 0.15) is 0 Å². The molecule has 0 saturated carbocycles. The van der Waals surface area contributed by atoms with E-state index in [1.165, 1.54) is 0 Å². The van der Waals surface area contributed by atoms with Crippen molar-refractivity contribution in [2.75, 3.05) is 17.6 Å². The highest BCUT2D eigenvalue weighted by Crippen LogP contribution is 2.19. The Kier molecular flexibility index (Phi) is 4.92. The van der Waals surface area contributed by atoms with E-state index in [1.54, 1.807) is 18.2 Å². The lowest BCUT2D eigenvalue weighted by molar-refractivity contribution is 0.112. The van der Waals surface area contributed by atoms with Crippen molar-refractivity contribution < 1.29 is 17.8 Å². The fourth-order valence-electron chi connectivity index (χ4n) is 1.22. The lowest BCUT2D eigenvalue weighted by Gasteiger charge is -2.06. The third-order valence-corrected chi connectivity index (χ3v) is 3.17. The van der Waals surface area contributed by atoms with E-state index in [1.807, 2.05) is 0 Å². The van der Waals surface area contributed by atoms with Gasteiger partial charge in [-0.2, -0.15) is 8.42 Å². The van der Waals surface area contributed by atoms with Crippen molar-refractivity contribution in [3.05, 3.63) is 28.8 Å². The third kappa shape index (κ3) is 5.16. The van der Waals surface area contributed by atoms with Gasteiger partial charge in [-0.3, -0.25) is 9.35 Å². The zero-order valence-electron chi connectivity index (χ0n) is 8.89. The molecule has 5 nitrogen and oxygen atoms in total. The van der Waals surface area contributed by atoms with Gasteiger partial charge in [0.25, 0.3) is 10.1 Å². The molecule has 2 N–H and O–H groups in total. The minimum atomic E-state index is -3.91. The highest BCUT2D eigenvalue weighted by atomic mass is 35.5. The Hall–Kier alpha value is -1.11. The van der Waals surface area contributed by atoms with Gasteiger partial charge in [0.15, 0.2) is 6.29 Å². The van der Waals surface area contributed by atoms with Crippen molar-refractivity contribution in [2.45, 2.75) is 6.42 Å². The topological polar surface area (TPSA) is 83.5 Å². The number of carbonyl (C=O) groups excluding carboxylic acids is 1. The van der Waals surface area contributed by atoms with Crippen LogP contribution < -0.4 is 5.32 Å². The molecule has 0 aliphatic carbocycles. The molecule has 0 bridgehead atoms. The largest absolute Gasteiger partial charge is 0.385 e. The summed E-state index contributed by atoms with van der Waals surface area (Å²) in [5.74, 6) is -0.292. The molecule has 0 saturated heterocycles. The van der Waals surface area contributed by atoms with Crippen LogP contribution in [0.2, 0.25) is 5.02 Å². The molecule has 0 heterocycles.